The van der Waals surface area contributed by atoms with E-state index in [0.29, 0.717) is 32.1 Å². The molecule has 25 heavy (non-hydrogen) atoms. The van der Waals surface area contributed by atoms with E-state index in [1.54, 1.807) is 36.4 Å². The number of halogens is 3. The van der Waals surface area contributed by atoms with E-state index in [-0.39, 0.29) is 0 Å². The average molecular weight is 411 g/mol. The fourth-order valence-electron chi connectivity index (χ4n) is 2.52. The monoisotopic (exact) mass is 409 g/mol. The molecule has 0 amide bonds. The van der Waals surface area contributed by atoms with Crippen LogP contribution in [0, 0.1) is 0 Å². The summed E-state index contributed by atoms with van der Waals surface area (Å²) in [5, 5.41) is 4.30. The molecule has 0 bridgehead atoms. The van der Waals surface area contributed by atoms with Gasteiger partial charge in [0, 0.05) is 48.0 Å². The molecule has 0 radical (unpaired) electrons. The minimum atomic E-state index is -1.19. The zero-order valence-electron chi connectivity index (χ0n) is 13.0. The number of anilines is 3. The van der Waals surface area contributed by atoms with E-state index in [2.05, 4.69) is 0 Å². The van der Waals surface area contributed by atoms with Crippen LogP contribution >= 0.6 is 42.7 Å². The van der Waals surface area contributed by atoms with E-state index in [4.69, 9.17) is 52.0 Å². The molecule has 0 aliphatic heterocycles. The van der Waals surface area contributed by atoms with Gasteiger partial charge in [0.25, 0.3) is 0 Å². The lowest BCUT2D eigenvalue weighted by atomic mass is 10.3. The maximum absolute atomic E-state index is 6.25. The number of nitrogens with two attached hydrogens (primary N) is 3. The van der Waals surface area contributed by atoms with Gasteiger partial charge in [-0.15, -0.1) is 0 Å². The normalized spacial score (nSPS) is 11.0. The predicted molar refractivity (Wildman–Crippen MR) is 113 cm³/mol. The van der Waals surface area contributed by atoms with Gasteiger partial charge in [-0.1, -0.05) is 34.8 Å². The summed E-state index contributed by atoms with van der Waals surface area (Å²) in [4.78, 5) is 0. The molecule has 0 aliphatic carbocycles. The fraction of sp³-hybridized carbons (Fsp3) is 0. The largest absolute Gasteiger partial charge is 0.398 e. The van der Waals surface area contributed by atoms with Crippen molar-refractivity contribution in [2.75, 3.05) is 17.2 Å². The van der Waals surface area contributed by atoms with Crippen LogP contribution in [0.2, 0.25) is 15.1 Å². The van der Waals surface area contributed by atoms with Crippen LogP contribution in [0.1, 0.15) is 0 Å². The first-order valence-electron chi connectivity index (χ1n) is 7.32. The third-order valence-corrected chi connectivity index (χ3v) is 7.01. The SMILES string of the molecule is Nc1ccc(Cl)cc1P(c1cc(Cl)ccc1N)c1cc(Cl)ccc1N. The summed E-state index contributed by atoms with van der Waals surface area (Å²) in [7, 11) is -1.19. The first kappa shape index (κ1) is 18.2. The van der Waals surface area contributed by atoms with Crippen LogP contribution in [0.25, 0.3) is 0 Å². The van der Waals surface area contributed by atoms with Crippen LogP contribution in [0.5, 0.6) is 0 Å². The molecule has 0 aromatic heterocycles. The first-order valence-corrected chi connectivity index (χ1v) is 9.79. The van der Waals surface area contributed by atoms with Crippen molar-refractivity contribution in [2.45, 2.75) is 0 Å². The first-order chi connectivity index (χ1) is 11.9. The van der Waals surface area contributed by atoms with Crippen molar-refractivity contribution in [1.82, 2.24) is 0 Å². The van der Waals surface area contributed by atoms with Gasteiger partial charge in [-0.2, -0.15) is 0 Å². The van der Waals surface area contributed by atoms with Crippen LogP contribution in [0.4, 0.5) is 17.1 Å². The van der Waals surface area contributed by atoms with E-state index in [1.807, 2.05) is 18.2 Å². The Hall–Kier alpha value is -1.64. The molecule has 6 N–H and O–H groups in total. The highest BCUT2D eigenvalue weighted by Crippen LogP contribution is 2.40. The van der Waals surface area contributed by atoms with E-state index in [1.165, 1.54) is 0 Å². The second-order valence-corrected chi connectivity index (χ2v) is 8.87. The van der Waals surface area contributed by atoms with Crippen LogP contribution in [-0.4, -0.2) is 0 Å². The van der Waals surface area contributed by atoms with Crippen LogP contribution < -0.4 is 33.1 Å². The fourth-order valence-corrected chi connectivity index (χ4v) is 5.85. The number of nitrogen functional groups attached to an aromatic ring is 3. The van der Waals surface area contributed by atoms with Crippen LogP contribution in [-0.2, 0) is 0 Å². The lowest BCUT2D eigenvalue weighted by Gasteiger charge is -2.24. The maximum Gasteiger partial charge on any atom is 0.0414 e. The molecule has 0 saturated carbocycles. The highest BCUT2D eigenvalue weighted by Gasteiger charge is 2.24. The number of hydrogen-bond acceptors (Lipinski definition) is 3. The molecule has 3 rings (SSSR count). The molecule has 3 aromatic rings. The molecule has 0 saturated heterocycles. The molecule has 3 nitrogen and oxygen atoms in total. The summed E-state index contributed by atoms with van der Waals surface area (Å²) in [5.41, 5.74) is 20.6. The molecule has 0 fully saturated rings. The van der Waals surface area contributed by atoms with Crippen molar-refractivity contribution >= 4 is 75.7 Å². The Morgan fingerprint density at radius 2 is 0.800 bits per heavy atom. The summed E-state index contributed by atoms with van der Waals surface area (Å²) in [5.74, 6) is 0. The van der Waals surface area contributed by atoms with E-state index in [0.717, 1.165) is 15.9 Å². The lowest BCUT2D eigenvalue weighted by molar-refractivity contribution is 1.70. The molecule has 3 aromatic carbocycles. The molecule has 0 heterocycles. The Balaban J connectivity index is 2.34. The van der Waals surface area contributed by atoms with Crippen molar-refractivity contribution in [3.05, 3.63) is 69.7 Å². The second kappa shape index (κ2) is 7.31. The quantitative estimate of drug-likeness (QED) is 0.448. The van der Waals surface area contributed by atoms with Gasteiger partial charge >= 0.3 is 0 Å². The highest BCUT2D eigenvalue weighted by atomic mass is 35.5. The van der Waals surface area contributed by atoms with Gasteiger partial charge in [-0.25, -0.2) is 0 Å². The average Bonchev–Trinajstić information content (AvgIpc) is 2.57. The summed E-state index contributed by atoms with van der Waals surface area (Å²) >= 11 is 18.7. The number of hydrogen-bond donors (Lipinski definition) is 3. The number of rotatable bonds is 3. The Labute approximate surface area is 162 Å². The Kier molecular flexibility index (Phi) is 5.31. The molecule has 0 aliphatic rings. The van der Waals surface area contributed by atoms with Gasteiger partial charge in [0.05, 0.1) is 0 Å². The van der Waals surface area contributed by atoms with Gasteiger partial charge in [0.15, 0.2) is 0 Å². The van der Waals surface area contributed by atoms with Crippen molar-refractivity contribution in [2.24, 2.45) is 0 Å². The van der Waals surface area contributed by atoms with Crippen LogP contribution in [0.15, 0.2) is 54.6 Å². The van der Waals surface area contributed by atoms with Crippen LogP contribution in [0.3, 0.4) is 0 Å². The Bertz CT molecular complexity index is 824. The topological polar surface area (TPSA) is 78.1 Å². The second-order valence-electron chi connectivity index (χ2n) is 5.44. The highest BCUT2D eigenvalue weighted by molar-refractivity contribution is 7.80. The number of benzene rings is 3. The lowest BCUT2D eigenvalue weighted by Crippen LogP contribution is -2.26. The molecule has 0 atom stereocenters. The minimum absolute atomic E-state index is 0.581. The Morgan fingerprint density at radius 3 is 1.08 bits per heavy atom. The third-order valence-electron chi connectivity index (χ3n) is 3.70. The van der Waals surface area contributed by atoms with E-state index in [9.17, 15) is 0 Å². The van der Waals surface area contributed by atoms with Gasteiger partial charge in [-0.3, -0.25) is 0 Å². The zero-order chi connectivity index (χ0) is 18.1. The van der Waals surface area contributed by atoms with E-state index >= 15 is 0 Å². The molecule has 0 unspecified atom stereocenters. The summed E-state index contributed by atoms with van der Waals surface area (Å²) in [6.07, 6.45) is 0. The summed E-state index contributed by atoms with van der Waals surface area (Å²) < 4.78 is 0. The molecular weight excluding hydrogens is 396 g/mol. The van der Waals surface area contributed by atoms with E-state index < -0.39 is 7.92 Å². The minimum Gasteiger partial charge on any atom is -0.398 e. The smallest absolute Gasteiger partial charge is 0.0414 e. The standard InChI is InChI=1S/C18H15Cl3N3P/c19-10-1-4-13(22)16(7-10)25(17-8-11(20)2-5-14(17)23)18-9-12(21)3-6-15(18)24/h1-9H,22-24H2. The van der Waals surface area contributed by atoms with Gasteiger partial charge in [-0.05, 0) is 62.5 Å². The van der Waals surface area contributed by atoms with Crippen molar-refractivity contribution < 1.29 is 0 Å². The van der Waals surface area contributed by atoms with Crippen molar-refractivity contribution in [1.29, 1.82) is 0 Å². The predicted octanol–water partition coefficient (Wildman–Crippen LogP) is 4.15. The Morgan fingerprint density at radius 1 is 0.520 bits per heavy atom. The molecule has 128 valence electrons. The van der Waals surface area contributed by atoms with Crippen molar-refractivity contribution in [3.63, 3.8) is 0 Å². The summed E-state index contributed by atoms with van der Waals surface area (Å²) in [6, 6.07) is 16.1. The van der Waals surface area contributed by atoms with Gasteiger partial charge in [0.1, 0.15) is 0 Å². The van der Waals surface area contributed by atoms with Gasteiger partial charge < -0.3 is 17.2 Å². The molecule has 7 heteroatoms. The molecular formula is C18H15Cl3N3P. The molecule has 0 spiro atoms. The van der Waals surface area contributed by atoms with Gasteiger partial charge in [0.2, 0.25) is 0 Å². The zero-order valence-corrected chi connectivity index (χ0v) is 16.2. The third kappa shape index (κ3) is 3.80. The van der Waals surface area contributed by atoms with Crippen molar-refractivity contribution in [3.8, 4) is 0 Å². The maximum atomic E-state index is 6.25. The summed E-state index contributed by atoms with van der Waals surface area (Å²) in [6.45, 7) is 0.